The van der Waals surface area contributed by atoms with E-state index in [-0.39, 0.29) is 38.6 Å². The number of carbonyl (C=O) groups excluding carboxylic acids is 3. The molecule has 0 aliphatic rings. The second-order valence-corrected chi connectivity index (χ2v) is 23.0. The molecule has 9 heteroatoms. The summed E-state index contributed by atoms with van der Waals surface area (Å²) in [5.41, 5.74) is 0. The van der Waals surface area contributed by atoms with Crippen LogP contribution in [0.2, 0.25) is 0 Å². The molecule has 77 heavy (non-hydrogen) atoms. The van der Waals surface area contributed by atoms with Gasteiger partial charge in [-0.05, 0) is 77.0 Å². The van der Waals surface area contributed by atoms with Gasteiger partial charge in [0, 0.05) is 12.8 Å². The van der Waals surface area contributed by atoms with Gasteiger partial charge in [0.25, 0.3) is 0 Å². The fraction of sp³-hybridized carbons (Fsp3) is 0.809. The Hall–Kier alpha value is -3.01. The number of allylic oxidation sites excluding steroid dienone is 10. The summed E-state index contributed by atoms with van der Waals surface area (Å²) in [7, 11) is 5.91. The van der Waals surface area contributed by atoms with Crippen molar-refractivity contribution in [1.29, 1.82) is 0 Å². The SMILES string of the molecule is CC/C=C\C/C=C\C/C=C\C/C=C\CCCCC(=O)OC(COC(=O)CCCCCCCCCCCCCCCCCCCCCCCCCCC/C=C\CCCCCCCCCC)COC(OCC[N+](C)(C)C)C(=O)[O-]. The highest BCUT2D eigenvalue weighted by molar-refractivity contribution is 5.70. The molecule has 0 aliphatic heterocycles. The van der Waals surface area contributed by atoms with E-state index in [0.717, 1.165) is 57.8 Å². The van der Waals surface area contributed by atoms with Gasteiger partial charge < -0.3 is 33.3 Å². The molecule has 448 valence electrons. The van der Waals surface area contributed by atoms with Crippen molar-refractivity contribution in [2.45, 2.75) is 309 Å². The molecule has 0 N–H and O–H groups in total. The Morgan fingerprint density at radius 2 is 0.740 bits per heavy atom. The third kappa shape index (κ3) is 60.5. The fourth-order valence-corrected chi connectivity index (χ4v) is 9.29. The van der Waals surface area contributed by atoms with Crippen LogP contribution in [-0.2, 0) is 33.3 Å². The van der Waals surface area contributed by atoms with E-state index < -0.39 is 24.3 Å². The molecule has 0 saturated carbocycles. The molecule has 9 nitrogen and oxygen atoms in total. The van der Waals surface area contributed by atoms with Gasteiger partial charge in [-0.3, -0.25) is 9.59 Å². The highest BCUT2D eigenvalue weighted by Gasteiger charge is 2.22. The van der Waals surface area contributed by atoms with Crippen molar-refractivity contribution in [1.82, 2.24) is 0 Å². The Morgan fingerprint density at radius 3 is 1.14 bits per heavy atom. The van der Waals surface area contributed by atoms with Crippen molar-refractivity contribution in [3.8, 4) is 0 Å². The quantitative estimate of drug-likeness (QED) is 0.0195. The number of ether oxygens (including phenoxy) is 4. The number of hydrogen-bond acceptors (Lipinski definition) is 8. The topological polar surface area (TPSA) is 111 Å². The zero-order valence-electron chi connectivity index (χ0n) is 51.1. The number of carbonyl (C=O) groups is 3. The molecule has 0 rings (SSSR count). The minimum Gasteiger partial charge on any atom is -0.545 e. The maximum atomic E-state index is 12.8. The lowest BCUT2D eigenvalue weighted by Gasteiger charge is -2.26. The van der Waals surface area contributed by atoms with Crippen LogP contribution in [-0.4, -0.2) is 82.3 Å². The second-order valence-electron chi connectivity index (χ2n) is 23.0. The van der Waals surface area contributed by atoms with Gasteiger partial charge in [-0.15, -0.1) is 0 Å². The second kappa shape index (κ2) is 59.1. The zero-order valence-corrected chi connectivity index (χ0v) is 51.1. The summed E-state index contributed by atoms with van der Waals surface area (Å²) >= 11 is 0. The van der Waals surface area contributed by atoms with Gasteiger partial charge in [-0.25, -0.2) is 0 Å². The summed E-state index contributed by atoms with van der Waals surface area (Å²) in [5.74, 6) is -2.33. The first kappa shape index (κ1) is 74.0. The van der Waals surface area contributed by atoms with Crippen molar-refractivity contribution >= 4 is 17.9 Å². The smallest absolute Gasteiger partial charge is 0.306 e. The molecule has 2 unspecified atom stereocenters. The number of rotatable bonds is 60. The monoisotopic (exact) mass is 1080 g/mol. The van der Waals surface area contributed by atoms with E-state index in [0.29, 0.717) is 17.4 Å². The summed E-state index contributed by atoms with van der Waals surface area (Å²) < 4.78 is 22.6. The van der Waals surface area contributed by atoms with Gasteiger partial charge in [0.15, 0.2) is 12.4 Å². The Kier molecular flexibility index (Phi) is 56.8. The molecule has 0 aromatic carbocycles. The molecule has 0 aromatic rings. The largest absolute Gasteiger partial charge is 0.545 e. The lowest BCUT2D eigenvalue weighted by atomic mass is 10.0. The first-order valence-electron chi connectivity index (χ1n) is 32.4. The maximum absolute atomic E-state index is 12.8. The highest BCUT2D eigenvalue weighted by Crippen LogP contribution is 2.18. The molecule has 0 saturated heterocycles. The van der Waals surface area contributed by atoms with Gasteiger partial charge in [0.05, 0.1) is 40.3 Å². The molecule has 0 spiro atoms. The molecule has 0 radical (unpaired) electrons. The highest BCUT2D eigenvalue weighted by atomic mass is 16.7. The van der Waals surface area contributed by atoms with E-state index in [1.807, 2.05) is 21.1 Å². The molecule has 0 fully saturated rings. The normalized spacial score (nSPS) is 13.1. The van der Waals surface area contributed by atoms with Crippen LogP contribution in [0.15, 0.2) is 60.8 Å². The van der Waals surface area contributed by atoms with E-state index in [1.54, 1.807) is 0 Å². The fourth-order valence-electron chi connectivity index (χ4n) is 9.29. The Balaban J connectivity index is 3.98. The lowest BCUT2D eigenvalue weighted by Crippen LogP contribution is -2.44. The van der Waals surface area contributed by atoms with Gasteiger partial charge in [0.2, 0.25) is 0 Å². The van der Waals surface area contributed by atoms with Crippen molar-refractivity contribution < 1.29 is 42.9 Å². The number of likely N-dealkylation sites (N-methyl/N-ethyl adjacent to an activating group) is 1. The lowest BCUT2D eigenvalue weighted by molar-refractivity contribution is -0.870. The Bertz CT molecular complexity index is 1450. The number of carboxylic acid groups (broad SMARTS) is 1. The van der Waals surface area contributed by atoms with Gasteiger partial charge in [0.1, 0.15) is 13.2 Å². The number of hydrogen-bond donors (Lipinski definition) is 0. The average molecular weight is 1080 g/mol. The van der Waals surface area contributed by atoms with E-state index >= 15 is 0 Å². The van der Waals surface area contributed by atoms with Crippen molar-refractivity contribution in [3.05, 3.63) is 60.8 Å². The predicted octanol–water partition coefficient (Wildman–Crippen LogP) is 18.2. The van der Waals surface area contributed by atoms with E-state index in [2.05, 4.69) is 74.6 Å². The summed E-state index contributed by atoms with van der Waals surface area (Å²) in [6.45, 7) is 4.61. The third-order valence-corrected chi connectivity index (χ3v) is 14.2. The van der Waals surface area contributed by atoms with Crippen LogP contribution in [0.1, 0.15) is 296 Å². The van der Waals surface area contributed by atoms with Crippen LogP contribution in [0.4, 0.5) is 0 Å². The number of aliphatic carboxylic acids is 1. The summed E-state index contributed by atoms with van der Waals surface area (Å²) in [5, 5.41) is 11.8. The Morgan fingerprint density at radius 1 is 0.403 bits per heavy atom. The summed E-state index contributed by atoms with van der Waals surface area (Å²) in [6.07, 6.45) is 73.3. The van der Waals surface area contributed by atoms with E-state index in [9.17, 15) is 19.5 Å². The van der Waals surface area contributed by atoms with Crippen LogP contribution in [0.5, 0.6) is 0 Å². The molecule has 0 aliphatic carbocycles. The van der Waals surface area contributed by atoms with Crippen LogP contribution in [0.25, 0.3) is 0 Å². The van der Waals surface area contributed by atoms with Crippen LogP contribution >= 0.6 is 0 Å². The summed E-state index contributed by atoms with van der Waals surface area (Å²) in [6, 6.07) is 0. The number of unbranched alkanes of at least 4 members (excludes halogenated alkanes) is 35. The first-order valence-corrected chi connectivity index (χ1v) is 32.4. The van der Waals surface area contributed by atoms with Crippen molar-refractivity contribution in [3.63, 3.8) is 0 Å². The predicted molar refractivity (Wildman–Crippen MR) is 325 cm³/mol. The first-order chi connectivity index (χ1) is 37.6. The van der Waals surface area contributed by atoms with Crippen LogP contribution in [0.3, 0.4) is 0 Å². The van der Waals surface area contributed by atoms with Gasteiger partial charge in [-0.1, -0.05) is 267 Å². The molecule has 0 aromatic heterocycles. The molecular formula is C68H123NO8. The maximum Gasteiger partial charge on any atom is 0.306 e. The van der Waals surface area contributed by atoms with Crippen molar-refractivity contribution in [2.24, 2.45) is 0 Å². The van der Waals surface area contributed by atoms with E-state index in [4.69, 9.17) is 18.9 Å². The van der Waals surface area contributed by atoms with Crippen LogP contribution < -0.4 is 5.11 Å². The number of quaternary nitrogens is 1. The minimum absolute atomic E-state index is 0.139. The Labute approximate surface area is 475 Å². The number of nitrogens with zero attached hydrogens (tertiary/aromatic N) is 1. The molecule has 0 amide bonds. The minimum atomic E-state index is -1.63. The summed E-state index contributed by atoms with van der Waals surface area (Å²) in [4.78, 5) is 37.3. The third-order valence-electron chi connectivity index (χ3n) is 14.2. The molecule has 0 bridgehead atoms. The van der Waals surface area contributed by atoms with Crippen LogP contribution in [0, 0.1) is 0 Å². The van der Waals surface area contributed by atoms with E-state index in [1.165, 1.54) is 205 Å². The van der Waals surface area contributed by atoms with Gasteiger partial charge in [-0.2, -0.15) is 0 Å². The molecule has 2 atom stereocenters. The molecule has 0 heterocycles. The average Bonchev–Trinajstić information content (AvgIpc) is 3.40. The van der Waals surface area contributed by atoms with Crippen molar-refractivity contribution in [2.75, 3.05) is 47.5 Å². The number of esters is 2. The zero-order chi connectivity index (χ0) is 56.2. The molecular weight excluding hydrogens is 959 g/mol. The standard InChI is InChI=1S/C68H123NO8/c1-6-8-10-12-14-16-18-20-22-23-24-25-26-27-28-29-30-31-32-33-34-35-36-37-38-39-40-41-42-43-45-46-48-50-52-54-56-58-65(70)75-62-64(63-76-68(67(72)73)74-61-60-69(3,4)5)77-66(71)59-57-55-53-51-49-47-44-21-19-17-15-13-11-9-7-2/h9,11,15,17,21,23-24,44,49,51,64,68H,6-8,10,12-14,16,18-20,22,25-43,45-48,50,52-63H2,1-5H3/b11-9-,17-15-,24-23-,44-21-,51-49-. The number of carboxylic acids is 1. The van der Waals surface area contributed by atoms with Gasteiger partial charge >= 0.3 is 11.9 Å².